The predicted molar refractivity (Wildman–Crippen MR) is 103 cm³/mol. The molecule has 4 nitrogen and oxygen atoms in total. The standard InChI is InChI=1S/C21H27N3O/c1-3-16-8-10-18(11-9-16)23-21(25)17-13-20(15-22-14-17)24-12-6-5-7-19(24)4-2/h8-11,13-15,19H,3-7,12H2,1-2H3,(H,23,25). The highest BCUT2D eigenvalue weighted by atomic mass is 16.1. The molecule has 1 fully saturated rings. The summed E-state index contributed by atoms with van der Waals surface area (Å²) in [6.45, 7) is 5.39. The molecule has 2 aromatic rings. The van der Waals surface area contributed by atoms with Crippen molar-refractivity contribution in [1.29, 1.82) is 0 Å². The second-order valence-corrected chi connectivity index (χ2v) is 6.69. The molecule has 1 aromatic carbocycles. The van der Waals surface area contributed by atoms with Gasteiger partial charge in [-0.05, 0) is 55.9 Å². The lowest BCUT2D eigenvalue weighted by Gasteiger charge is -2.37. The third-order valence-electron chi connectivity index (χ3n) is 5.04. The number of anilines is 2. The third-order valence-corrected chi connectivity index (χ3v) is 5.04. The fourth-order valence-corrected chi connectivity index (χ4v) is 3.50. The zero-order valence-corrected chi connectivity index (χ0v) is 15.2. The van der Waals surface area contributed by atoms with Crippen LogP contribution in [-0.2, 0) is 6.42 Å². The molecule has 0 saturated carbocycles. The van der Waals surface area contributed by atoms with Crippen LogP contribution < -0.4 is 10.2 Å². The average molecular weight is 337 g/mol. The van der Waals surface area contributed by atoms with Crippen LogP contribution in [0.5, 0.6) is 0 Å². The van der Waals surface area contributed by atoms with E-state index < -0.39 is 0 Å². The van der Waals surface area contributed by atoms with Crippen molar-refractivity contribution < 1.29 is 4.79 Å². The van der Waals surface area contributed by atoms with E-state index >= 15 is 0 Å². The molecule has 4 heteroatoms. The van der Waals surface area contributed by atoms with Crippen molar-refractivity contribution in [2.45, 2.75) is 52.0 Å². The first-order chi connectivity index (χ1) is 12.2. The van der Waals surface area contributed by atoms with Gasteiger partial charge < -0.3 is 10.2 Å². The summed E-state index contributed by atoms with van der Waals surface area (Å²) in [5.41, 5.74) is 3.74. The summed E-state index contributed by atoms with van der Waals surface area (Å²) in [6, 6.07) is 10.5. The van der Waals surface area contributed by atoms with Gasteiger partial charge >= 0.3 is 0 Å². The van der Waals surface area contributed by atoms with Crippen molar-refractivity contribution in [3.8, 4) is 0 Å². The zero-order chi connectivity index (χ0) is 17.6. The summed E-state index contributed by atoms with van der Waals surface area (Å²) in [5, 5.41) is 2.97. The number of carbonyl (C=O) groups is 1. The Morgan fingerprint density at radius 1 is 1.20 bits per heavy atom. The van der Waals surface area contributed by atoms with Crippen LogP contribution in [0.4, 0.5) is 11.4 Å². The number of amides is 1. The first-order valence-corrected chi connectivity index (χ1v) is 9.33. The number of carbonyl (C=O) groups excluding carboxylic acids is 1. The maximum absolute atomic E-state index is 12.6. The summed E-state index contributed by atoms with van der Waals surface area (Å²) in [6.07, 6.45) is 9.35. The van der Waals surface area contributed by atoms with E-state index in [-0.39, 0.29) is 5.91 Å². The Bertz CT molecular complexity index is 711. The molecule has 132 valence electrons. The number of pyridine rings is 1. The van der Waals surface area contributed by atoms with Gasteiger partial charge in [-0.3, -0.25) is 9.78 Å². The van der Waals surface area contributed by atoms with Gasteiger partial charge in [0.2, 0.25) is 0 Å². The number of hydrogen-bond donors (Lipinski definition) is 1. The van der Waals surface area contributed by atoms with Crippen molar-refractivity contribution in [2.75, 3.05) is 16.8 Å². The van der Waals surface area contributed by atoms with Gasteiger partial charge in [0.1, 0.15) is 0 Å². The Kier molecular flexibility index (Phi) is 5.69. The molecule has 0 radical (unpaired) electrons. The van der Waals surface area contributed by atoms with E-state index in [1.165, 1.54) is 24.8 Å². The highest BCUT2D eigenvalue weighted by Crippen LogP contribution is 2.26. The van der Waals surface area contributed by atoms with E-state index in [4.69, 9.17) is 0 Å². The Morgan fingerprint density at radius 2 is 2.00 bits per heavy atom. The minimum absolute atomic E-state index is 0.108. The van der Waals surface area contributed by atoms with Crippen LogP contribution in [0, 0.1) is 0 Å². The lowest BCUT2D eigenvalue weighted by molar-refractivity contribution is 0.102. The van der Waals surface area contributed by atoms with Crippen LogP contribution in [0.2, 0.25) is 0 Å². The van der Waals surface area contributed by atoms with Crippen molar-refractivity contribution in [2.24, 2.45) is 0 Å². The zero-order valence-electron chi connectivity index (χ0n) is 15.2. The third kappa shape index (κ3) is 4.19. The highest BCUT2D eigenvalue weighted by molar-refractivity contribution is 6.04. The minimum Gasteiger partial charge on any atom is -0.367 e. The Morgan fingerprint density at radius 3 is 2.72 bits per heavy atom. The van der Waals surface area contributed by atoms with Gasteiger partial charge in [-0.1, -0.05) is 26.0 Å². The molecule has 1 aliphatic rings. The van der Waals surface area contributed by atoms with E-state index in [9.17, 15) is 4.79 Å². The van der Waals surface area contributed by atoms with Gasteiger partial charge in [-0.25, -0.2) is 0 Å². The first kappa shape index (κ1) is 17.5. The number of nitrogens with zero attached hydrogens (tertiary/aromatic N) is 2. The number of aryl methyl sites for hydroxylation is 1. The molecule has 25 heavy (non-hydrogen) atoms. The van der Waals surface area contributed by atoms with E-state index in [2.05, 4.69) is 29.0 Å². The van der Waals surface area contributed by atoms with Crippen LogP contribution in [0.1, 0.15) is 55.5 Å². The topological polar surface area (TPSA) is 45.2 Å². The number of nitrogens with one attached hydrogen (secondary N) is 1. The largest absolute Gasteiger partial charge is 0.367 e. The molecule has 1 amide bonds. The molecular weight excluding hydrogens is 310 g/mol. The van der Waals surface area contributed by atoms with Crippen LogP contribution in [0.25, 0.3) is 0 Å². The molecule has 1 N–H and O–H groups in total. The van der Waals surface area contributed by atoms with Gasteiger partial charge in [0.25, 0.3) is 5.91 Å². The maximum Gasteiger partial charge on any atom is 0.257 e. The normalized spacial score (nSPS) is 17.4. The SMILES string of the molecule is CCc1ccc(NC(=O)c2cncc(N3CCCCC3CC)c2)cc1. The molecule has 1 saturated heterocycles. The van der Waals surface area contributed by atoms with Crippen molar-refractivity contribution in [3.63, 3.8) is 0 Å². The molecule has 2 heterocycles. The first-order valence-electron chi connectivity index (χ1n) is 9.33. The number of aromatic nitrogens is 1. The summed E-state index contributed by atoms with van der Waals surface area (Å²) >= 11 is 0. The van der Waals surface area contributed by atoms with Gasteiger partial charge in [-0.2, -0.15) is 0 Å². The second-order valence-electron chi connectivity index (χ2n) is 6.69. The quantitative estimate of drug-likeness (QED) is 0.862. The molecular formula is C21H27N3O. The molecule has 1 aliphatic heterocycles. The van der Waals surface area contributed by atoms with E-state index in [1.807, 2.05) is 36.5 Å². The summed E-state index contributed by atoms with van der Waals surface area (Å²) < 4.78 is 0. The van der Waals surface area contributed by atoms with E-state index in [0.29, 0.717) is 11.6 Å². The lowest BCUT2D eigenvalue weighted by atomic mass is 9.99. The summed E-state index contributed by atoms with van der Waals surface area (Å²) in [7, 11) is 0. The van der Waals surface area contributed by atoms with Crippen molar-refractivity contribution >= 4 is 17.3 Å². The van der Waals surface area contributed by atoms with Crippen LogP contribution in [0.3, 0.4) is 0 Å². The molecule has 0 spiro atoms. The van der Waals surface area contributed by atoms with E-state index in [1.54, 1.807) is 6.20 Å². The lowest BCUT2D eigenvalue weighted by Crippen LogP contribution is -2.39. The fourth-order valence-electron chi connectivity index (χ4n) is 3.50. The molecule has 1 aromatic heterocycles. The number of benzene rings is 1. The molecule has 1 unspecified atom stereocenters. The maximum atomic E-state index is 12.6. The minimum atomic E-state index is -0.108. The predicted octanol–water partition coefficient (Wildman–Crippen LogP) is 4.67. The average Bonchev–Trinajstić information content (AvgIpc) is 2.68. The Labute approximate surface area is 150 Å². The molecule has 1 atom stereocenters. The summed E-state index contributed by atoms with van der Waals surface area (Å²) in [5.74, 6) is -0.108. The number of hydrogen-bond acceptors (Lipinski definition) is 3. The van der Waals surface area contributed by atoms with Crippen LogP contribution in [-0.4, -0.2) is 23.5 Å². The van der Waals surface area contributed by atoms with Crippen molar-refractivity contribution in [3.05, 3.63) is 53.9 Å². The smallest absolute Gasteiger partial charge is 0.257 e. The molecule has 0 aliphatic carbocycles. The fraction of sp³-hybridized carbons (Fsp3) is 0.429. The second kappa shape index (κ2) is 8.15. The number of piperidine rings is 1. The van der Waals surface area contributed by atoms with E-state index in [0.717, 1.165) is 30.8 Å². The molecule has 3 rings (SSSR count). The van der Waals surface area contributed by atoms with Gasteiger partial charge in [-0.15, -0.1) is 0 Å². The summed E-state index contributed by atoms with van der Waals surface area (Å²) in [4.78, 5) is 19.3. The Hall–Kier alpha value is -2.36. The van der Waals surface area contributed by atoms with Gasteiger partial charge in [0, 0.05) is 24.5 Å². The van der Waals surface area contributed by atoms with Crippen molar-refractivity contribution in [1.82, 2.24) is 4.98 Å². The van der Waals surface area contributed by atoms with Crippen LogP contribution in [0.15, 0.2) is 42.7 Å². The number of rotatable bonds is 5. The Balaban J connectivity index is 1.74. The monoisotopic (exact) mass is 337 g/mol. The highest BCUT2D eigenvalue weighted by Gasteiger charge is 2.22. The van der Waals surface area contributed by atoms with Crippen LogP contribution >= 0.6 is 0 Å². The van der Waals surface area contributed by atoms with Gasteiger partial charge in [0.15, 0.2) is 0 Å². The molecule has 0 bridgehead atoms. The van der Waals surface area contributed by atoms with Gasteiger partial charge in [0.05, 0.1) is 17.4 Å².